The van der Waals surface area contributed by atoms with Crippen LogP contribution in [-0.4, -0.2) is 79.5 Å². The summed E-state index contributed by atoms with van der Waals surface area (Å²) in [4.78, 5) is 43.3. The third kappa shape index (κ3) is 8.44. The fourth-order valence-electron chi connectivity index (χ4n) is 3.80. The van der Waals surface area contributed by atoms with Gasteiger partial charge in [0, 0.05) is 50.6 Å². The van der Waals surface area contributed by atoms with Gasteiger partial charge >= 0.3 is 24.3 Å². The van der Waals surface area contributed by atoms with Gasteiger partial charge in [0.05, 0.1) is 6.54 Å². The summed E-state index contributed by atoms with van der Waals surface area (Å²) in [5.41, 5.74) is 0.0692. The Morgan fingerprint density at radius 1 is 1.00 bits per heavy atom. The zero-order valence-electron chi connectivity index (χ0n) is 19.3. The summed E-state index contributed by atoms with van der Waals surface area (Å²) >= 11 is 0. The van der Waals surface area contributed by atoms with Crippen LogP contribution >= 0.6 is 0 Å². The van der Waals surface area contributed by atoms with Crippen LogP contribution in [0.3, 0.4) is 0 Å². The van der Waals surface area contributed by atoms with E-state index in [2.05, 4.69) is 19.4 Å². The largest absolute Gasteiger partial charge is 0.490 e. The molecule has 1 spiro atoms. The number of aromatic nitrogens is 3. The number of nitrogens with zero attached hydrogens (tertiary/aromatic N) is 5. The number of carbonyl (C=O) groups is 3. The lowest BCUT2D eigenvalue weighted by molar-refractivity contribution is -0.193. The van der Waals surface area contributed by atoms with E-state index in [1.807, 2.05) is 42.5 Å². The van der Waals surface area contributed by atoms with Crippen molar-refractivity contribution in [1.82, 2.24) is 19.4 Å². The lowest BCUT2D eigenvalue weighted by atomic mass is 9.86. The van der Waals surface area contributed by atoms with Crippen molar-refractivity contribution in [1.29, 1.82) is 0 Å². The highest BCUT2D eigenvalue weighted by Crippen LogP contribution is 2.41. The molecule has 204 valence electrons. The molecule has 2 fully saturated rings. The van der Waals surface area contributed by atoms with Gasteiger partial charge < -0.3 is 14.8 Å². The van der Waals surface area contributed by atoms with Gasteiger partial charge in [-0.25, -0.2) is 19.6 Å². The molecule has 2 aromatic rings. The van der Waals surface area contributed by atoms with Crippen molar-refractivity contribution in [2.24, 2.45) is 12.5 Å². The lowest BCUT2D eigenvalue weighted by Crippen LogP contribution is -2.31. The van der Waals surface area contributed by atoms with Gasteiger partial charge in [-0.3, -0.25) is 14.6 Å². The fraction of sp³-hybridized carbons (Fsp3) is 0.476. The molecule has 10 nitrogen and oxygen atoms in total. The molecule has 2 saturated heterocycles. The number of halogens is 6. The van der Waals surface area contributed by atoms with E-state index in [4.69, 9.17) is 19.8 Å². The summed E-state index contributed by atoms with van der Waals surface area (Å²) in [6.45, 7) is 3.61. The molecule has 2 aromatic heterocycles. The van der Waals surface area contributed by atoms with E-state index in [1.165, 1.54) is 0 Å². The summed E-state index contributed by atoms with van der Waals surface area (Å²) in [5, 5.41) is 14.2. The summed E-state index contributed by atoms with van der Waals surface area (Å²) < 4.78 is 65.5. The van der Waals surface area contributed by atoms with Gasteiger partial charge in [-0.15, -0.1) is 0 Å². The minimum absolute atomic E-state index is 0.0692. The number of carboxylic acids is 2. The van der Waals surface area contributed by atoms with Gasteiger partial charge in [0.1, 0.15) is 11.6 Å². The van der Waals surface area contributed by atoms with E-state index in [0.29, 0.717) is 6.42 Å². The first-order valence-electron chi connectivity index (χ1n) is 10.5. The molecule has 1 unspecified atom stereocenters. The van der Waals surface area contributed by atoms with Crippen LogP contribution < -0.4 is 4.90 Å². The molecule has 4 heterocycles. The molecule has 2 N–H and O–H groups in total. The Bertz CT molecular complexity index is 1070. The summed E-state index contributed by atoms with van der Waals surface area (Å²) in [6.07, 6.45) is -2.92. The number of pyridine rings is 1. The van der Waals surface area contributed by atoms with Crippen LogP contribution in [0.25, 0.3) is 0 Å². The normalized spacial score (nSPS) is 19.8. The monoisotopic (exact) mass is 539 g/mol. The minimum atomic E-state index is -5.08. The van der Waals surface area contributed by atoms with Crippen LogP contribution in [0.15, 0.2) is 36.8 Å². The molecule has 16 heteroatoms. The Kier molecular flexibility index (Phi) is 9.24. The predicted octanol–water partition coefficient (Wildman–Crippen LogP) is 2.71. The quantitative estimate of drug-likeness (QED) is 0.570. The summed E-state index contributed by atoms with van der Waals surface area (Å²) in [5.74, 6) is -3.47. The maximum atomic E-state index is 12.5. The highest BCUT2D eigenvalue weighted by molar-refractivity contribution is 5.95. The molecule has 0 aliphatic carbocycles. The molecule has 37 heavy (non-hydrogen) atoms. The smallest absolute Gasteiger partial charge is 0.475 e. The number of imidazole rings is 1. The third-order valence-electron chi connectivity index (χ3n) is 5.54. The molecule has 0 aromatic carbocycles. The van der Waals surface area contributed by atoms with Crippen LogP contribution in [0.2, 0.25) is 0 Å². The summed E-state index contributed by atoms with van der Waals surface area (Å²) in [6, 6.07) is 5.73. The zero-order valence-corrected chi connectivity index (χ0v) is 19.3. The molecule has 0 saturated carbocycles. The predicted molar refractivity (Wildman–Crippen MR) is 114 cm³/mol. The van der Waals surface area contributed by atoms with Gasteiger partial charge in [0.15, 0.2) is 0 Å². The van der Waals surface area contributed by atoms with Crippen LogP contribution in [0.5, 0.6) is 0 Å². The number of hydrogen-bond donors (Lipinski definition) is 2. The summed E-state index contributed by atoms with van der Waals surface area (Å²) in [7, 11) is 2.02. The van der Waals surface area contributed by atoms with Gasteiger partial charge in [-0.1, -0.05) is 6.07 Å². The van der Waals surface area contributed by atoms with E-state index in [-0.39, 0.29) is 11.3 Å². The Hall–Kier alpha value is -3.69. The topological polar surface area (TPSA) is 129 Å². The number of likely N-dealkylation sites (tertiary alicyclic amines) is 1. The SMILES string of the molecule is Cn1ccnc1CN1CCC2(CC(=O)N(c3ccccn3)C2)C1.O=C(O)C(F)(F)F.O=C(O)C(F)(F)F. The average Bonchev–Trinajstić information content (AvgIpc) is 3.47. The minimum Gasteiger partial charge on any atom is -0.475 e. The van der Waals surface area contributed by atoms with Crippen LogP contribution in [0, 0.1) is 5.41 Å². The molecule has 4 rings (SSSR count). The number of aryl methyl sites for hydroxylation is 1. The molecular formula is C21H23F6N5O5. The first kappa shape index (κ1) is 29.5. The Morgan fingerprint density at radius 2 is 1.59 bits per heavy atom. The third-order valence-corrected chi connectivity index (χ3v) is 5.54. The van der Waals surface area contributed by atoms with Crippen molar-refractivity contribution in [2.45, 2.75) is 31.7 Å². The first-order valence-corrected chi connectivity index (χ1v) is 10.5. The number of anilines is 1. The number of aliphatic carboxylic acids is 2. The Labute approximate surface area is 206 Å². The van der Waals surface area contributed by atoms with E-state index in [0.717, 1.165) is 44.2 Å². The molecule has 1 amide bonds. The fourth-order valence-corrected chi connectivity index (χ4v) is 3.80. The van der Waals surface area contributed by atoms with Gasteiger partial charge in [-0.2, -0.15) is 26.3 Å². The van der Waals surface area contributed by atoms with Crippen LogP contribution in [0.1, 0.15) is 18.7 Å². The first-order chi connectivity index (χ1) is 17.0. The van der Waals surface area contributed by atoms with E-state index >= 15 is 0 Å². The van der Waals surface area contributed by atoms with Crippen LogP contribution in [0.4, 0.5) is 32.2 Å². The number of hydrogen-bond acceptors (Lipinski definition) is 6. The molecule has 2 aliphatic rings. The molecule has 0 radical (unpaired) electrons. The van der Waals surface area contributed by atoms with Gasteiger partial charge in [-0.05, 0) is 25.1 Å². The van der Waals surface area contributed by atoms with Gasteiger partial charge in [0.2, 0.25) is 5.91 Å². The second-order valence-corrected chi connectivity index (χ2v) is 8.37. The number of rotatable bonds is 3. The number of carboxylic acid groups (broad SMARTS) is 2. The number of alkyl halides is 6. The van der Waals surface area contributed by atoms with E-state index in [9.17, 15) is 31.1 Å². The molecule has 0 bridgehead atoms. The van der Waals surface area contributed by atoms with Crippen molar-refractivity contribution in [3.05, 3.63) is 42.6 Å². The highest BCUT2D eigenvalue weighted by atomic mass is 19.4. The second-order valence-electron chi connectivity index (χ2n) is 8.37. The van der Waals surface area contributed by atoms with Crippen molar-refractivity contribution in [3.63, 3.8) is 0 Å². The van der Waals surface area contributed by atoms with Crippen molar-refractivity contribution >= 4 is 23.7 Å². The van der Waals surface area contributed by atoms with Crippen LogP contribution in [-0.2, 0) is 28.0 Å². The molecular weight excluding hydrogens is 516 g/mol. The molecule has 2 aliphatic heterocycles. The van der Waals surface area contributed by atoms with E-state index in [1.54, 1.807) is 6.20 Å². The Morgan fingerprint density at radius 3 is 2.05 bits per heavy atom. The standard InChI is InChI=1S/C17H21N5O.2C2HF3O2/c1-20-9-7-19-15(20)11-21-8-5-17(12-21)10-16(23)22(13-17)14-4-2-3-6-18-14;2*3-2(4,5)1(6)7/h2-4,6-7,9H,5,8,10-13H2,1H3;2*(H,6,7). The van der Waals surface area contributed by atoms with E-state index < -0.39 is 24.3 Å². The average molecular weight is 539 g/mol. The van der Waals surface area contributed by atoms with Gasteiger partial charge in [0.25, 0.3) is 0 Å². The number of amides is 1. The Balaban J connectivity index is 0.000000286. The highest BCUT2D eigenvalue weighted by Gasteiger charge is 2.48. The maximum absolute atomic E-state index is 12.5. The van der Waals surface area contributed by atoms with Crippen molar-refractivity contribution in [2.75, 3.05) is 24.5 Å². The lowest BCUT2D eigenvalue weighted by Gasteiger charge is -2.23. The maximum Gasteiger partial charge on any atom is 0.490 e. The number of carbonyl (C=O) groups excluding carboxylic acids is 1. The van der Waals surface area contributed by atoms with Crippen molar-refractivity contribution < 1.29 is 50.9 Å². The zero-order chi connectivity index (χ0) is 28.0. The van der Waals surface area contributed by atoms with Crippen molar-refractivity contribution in [3.8, 4) is 0 Å². The molecule has 1 atom stereocenters. The second kappa shape index (κ2) is 11.6.